The molecule has 1 heterocycles. The summed E-state index contributed by atoms with van der Waals surface area (Å²) in [5, 5.41) is 14.9. The molecule has 2 amide bonds. The number of rotatable bonds is 6. The van der Waals surface area contributed by atoms with Crippen LogP contribution >= 0.6 is 27.3 Å². The Balaban J connectivity index is 1.51. The normalized spacial score (nSPS) is 11.2. The van der Waals surface area contributed by atoms with E-state index >= 15 is 0 Å². The zero-order valence-corrected chi connectivity index (χ0v) is 19.4. The maximum atomic E-state index is 12.4. The summed E-state index contributed by atoms with van der Waals surface area (Å²) in [6, 6.07) is 14.8. The highest BCUT2D eigenvalue weighted by Gasteiger charge is 2.15. The van der Waals surface area contributed by atoms with Crippen molar-refractivity contribution in [1.82, 2.24) is 15.5 Å². The second-order valence-electron chi connectivity index (χ2n) is 7.80. The van der Waals surface area contributed by atoms with Gasteiger partial charge >= 0.3 is 0 Å². The van der Waals surface area contributed by atoms with Crippen molar-refractivity contribution in [2.24, 2.45) is 0 Å². The van der Waals surface area contributed by atoms with Crippen molar-refractivity contribution in [2.75, 3.05) is 11.9 Å². The Labute approximate surface area is 188 Å². The van der Waals surface area contributed by atoms with Crippen LogP contribution in [0.1, 0.15) is 52.1 Å². The second-order valence-corrected chi connectivity index (χ2v) is 9.78. The van der Waals surface area contributed by atoms with Crippen molar-refractivity contribution in [3.05, 3.63) is 74.7 Å². The highest BCUT2D eigenvalue weighted by atomic mass is 79.9. The average molecular weight is 487 g/mol. The Bertz CT molecular complexity index is 1040. The minimum absolute atomic E-state index is 0.0373. The van der Waals surface area contributed by atoms with E-state index in [1.165, 1.54) is 16.9 Å². The smallest absolute Gasteiger partial charge is 0.257 e. The molecule has 8 heteroatoms. The largest absolute Gasteiger partial charge is 0.352 e. The van der Waals surface area contributed by atoms with Gasteiger partial charge in [-0.05, 0) is 41.3 Å². The molecule has 2 N–H and O–H groups in total. The highest BCUT2D eigenvalue weighted by Crippen LogP contribution is 2.23. The first-order chi connectivity index (χ1) is 14.2. The van der Waals surface area contributed by atoms with Crippen molar-refractivity contribution < 1.29 is 9.59 Å². The van der Waals surface area contributed by atoms with Gasteiger partial charge in [-0.25, -0.2) is 0 Å². The van der Waals surface area contributed by atoms with Crippen LogP contribution in [0.15, 0.2) is 53.0 Å². The number of aromatic nitrogens is 2. The fraction of sp³-hybridized carbons (Fsp3) is 0.273. The minimum atomic E-state index is -0.221. The maximum absolute atomic E-state index is 12.4. The zero-order chi connectivity index (χ0) is 21.7. The summed E-state index contributed by atoms with van der Waals surface area (Å²) < 4.78 is 0.854. The van der Waals surface area contributed by atoms with Crippen LogP contribution in [0, 0.1) is 0 Å². The zero-order valence-electron chi connectivity index (χ0n) is 17.0. The lowest BCUT2D eigenvalue weighted by molar-refractivity contribution is 0.0953. The van der Waals surface area contributed by atoms with Crippen LogP contribution in [0.4, 0.5) is 5.13 Å². The van der Waals surface area contributed by atoms with Crippen molar-refractivity contribution in [1.29, 1.82) is 0 Å². The molecule has 3 rings (SSSR count). The predicted octanol–water partition coefficient (Wildman–Crippen LogP) is 4.82. The van der Waals surface area contributed by atoms with Crippen molar-refractivity contribution in [3.63, 3.8) is 0 Å². The van der Waals surface area contributed by atoms with Crippen molar-refractivity contribution in [3.8, 4) is 0 Å². The molecule has 1 aromatic heterocycles. The minimum Gasteiger partial charge on any atom is -0.352 e. The van der Waals surface area contributed by atoms with Gasteiger partial charge in [-0.1, -0.05) is 66.2 Å². The Morgan fingerprint density at radius 1 is 1.00 bits per heavy atom. The summed E-state index contributed by atoms with van der Waals surface area (Å²) in [5.41, 5.74) is 2.37. The van der Waals surface area contributed by atoms with Gasteiger partial charge in [0, 0.05) is 28.6 Å². The van der Waals surface area contributed by atoms with E-state index in [0.29, 0.717) is 29.2 Å². The van der Waals surface area contributed by atoms with E-state index in [1.54, 1.807) is 12.1 Å². The first-order valence-corrected chi connectivity index (χ1v) is 11.1. The molecule has 0 aliphatic heterocycles. The van der Waals surface area contributed by atoms with Gasteiger partial charge in [0.25, 0.3) is 11.8 Å². The topological polar surface area (TPSA) is 84.0 Å². The van der Waals surface area contributed by atoms with E-state index < -0.39 is 0 Å². The van der Waals surface area contributed by atoms with Crippen LogP contribution in [0.5, 0.6) is 0 Å². The van der Waals surface area contributed by atoms with E-state index in [-0.39, 0.29) is 17.2 Å². The third-order valence-electron chi connectivity index (χ3n) is 4.41. The lowest BCUT2D eigenvalue weighted by atomic mass is 9.87. The third-order valence-corrected chi connectivity index (χ3v) is 5.80. The van der Waals surface area contributed by atoms with Crippen LogP contribution in [-0.2, 0) is 11.8 Å². The first kappa shape index (κ1) is 22.1. The number of hydrogen-bond acceptors (Lipinski definition) is 5. The molecule has 0 saturated heterocycles. The van der Waals surface area contributed by atoms with Crippen LogP contribution in [0.25, 0.3) is 0 Å². The molecule has 0 unspecified atom stereocenters. The van der Waals surface area contributed by atoms with Gasteiger partial charge < -0.3 is 5.32 Å². The lowest BCUT2D eigenvalue weighted by Crippen LogP contribution is -2.25. The fourth-order valence-corrected chi connectivity index (χ4v) is 3.84. The summed E-state index contributed by atoms with van der Waals surface area (Å²) in [4.78, 5) is 24.6. The van der Waals surface area contributed by atoms with Gasteiger partial charge in [-0.15, -0.1) is 10.2 Å². The predicted molar refractivity (Wildman–Crippen MR) is 123 cm³/mol. The van der Waals surface area contributed by atoms with Gasteiger partial charge in [-0.3, -0.25) is 14.9 Å². The molecular formula is C22H23BrN4O2S. The number of hydrogen-bond donors (Lipinski definition) is 2. The molecule has 0 radical (unpaired) electrons. The molecule has 0 spiro atoms. The fourth-order valence-electron chi connectivity index (χ4n) is 2.71. The monoisotopic (exact) mass is 486 g/mol. The van der Waals surface area contributed by atoms with Crippen LogP contribution in [-0.4, -0.2) is 28.6 Å². The average Bonchev–Trinajstić information content (AvgIpc) is 3.14. The number of carbonyl (C=O) groups excluding carboxylic acids is 2. The Morgan fingerprint density at radius 2 is 1.73 bits per heavy atom. The van der Waals surface area contributed by atoms with Crippen molar-refractivity contribution >= 4 is 44.2 Å². The third kappa shape index (κ3) is 5.96. The van der Waals surface area contributed by atoms with Crippen LogP contribution < -0.4 is 10.6 Å². The van der Waals surface area contributed by atoms with E-state index in [0.717, 1.165) is 9.48 Å². The number of amides is 2. The molecule has 0 saturated carbocycles. The maximum Gasteiger partial charge on any atom is 0.257 e. The molecule has 0 bridgehead atoms. The number of nitrogens with zero attached hydrogens (tertiary/aromatic N) is 2. The molecule has 156 valence electrons. The molecule has 6 nitrogen and oxygen atoms in total. The summed E-state index contributed by atoms with van der Waals surface area (Å²) in [6.07, 6.45) is 0.535. The number of carbonyl (C=O) groups is 2. The molecule has 0 aliphatic carbocycles. The van der Waals surface area contributed by atoms with Gasteiger partial charge in [0.2, 0.25) is 5.13 Å². The summed E-state index contributed by atoms with van der Waals surface area (Å²) >= 11 is 4.66. The Morgan fingerprint density at radius 3 is 2.40 bits per heavy atom. The molecule has 2 aromatic carbocycles. The van der Waals surface area contributed by atoms with E-state index in [2.05, 4.69) is 57.5 Å². The van der Waals surface area contributed by atoms with Crippen LogP contribution in [0.3, 0.4) is 0 Å². The Hall–Kier alpha value is -2.58. The highest BCUT2D eigenvalue weighted by molar-refractivity contribution is 9.10. The van der Waals surface area contributed by atoms with Gasteiger partial charge in [0.05, 0.1) is 0 Å². The standard InChI is InChI=1S/C22H23BrN4O2S/c1-22(2,3)16-9-7-14(8-10-16)20(29)25-21-27-26-18(30-21)11-12-24-19(28)15-5-4-6-17(23)13-15/h4-10,13H,11-12H2,1-3H3,(H,24,28)(H,25,27,29). The SMILES string of the molecule is CC(C)(C)c1ccc(C(=O)Nc2nnc(CCNC(=O)c3cccc(Br)c3)s2)cc1. The molecular weight excluding hydrogens is 464 g/mol. The second kappa shape index (κ2) is 9.49. The molecule has 0 atom stereocenters. The van der Waals surface area contributed by atoms with E-state index in [4.69, 9.17) is 0 Å². The number of halogens is 1. The molecule has 0 aliphatic rings. The molecule has 3 aromatic rings. The molecule has 0 fully saturated rings. The number of nitrogens with one attached hydrogen (secondary N) is 2. The first-order valence-electron chi connectivity index (χ1n) is 9.50. The number of anilines is 1. The van der Waals surface area contributed by atoms with Gasteiger partial charge in [-0.2, -0.15) is 0 Å². The summed E-state index contributed by atoms with van der Waals surface area (Å²) in [6.45, 7) is 6.83. The number of benzene rings is 2. The van der Waals surface area contributed by atoms with E-state index in [9.17, 15) is 9.59 Å². The summed E-state index contributed by atoms with van der Waals surface area (Å²) in [5.74, 6) is -0.367. The summed E-state index contributed by atoms with van der Waals surface area (Å²) in [7, 11) is 0. The molecule has 30 heavy (non-hydrogen) atoms. The van der Waals surface area contributed by atoms with E-state index in [1.807, 2.05) is 36.4 Å². The van der Waals surface area contributed by atoms with Gasteiger partial charge in [0.15, 0.2) is 0 Å². The quantitative estimate of drug-likeness (QED) is 0.522. The lowest BCUT2D eigenvalue weighted by Gasteiger charge is -2.18. The Kier molecular flexibility index (Phi) is 6.99. The van der Waals surface area contributed by atoms with Crippen LogP contribution in [0.2, 0.25) is 0 Å². The van der Waals surface area contributed by atoms with Crippen molar-refractivity contribution in [2.45, 2.75) is 32.6 Å². The van der Waals surface area contributed by atoms with Gasteiger partial charge in [0.1, 0.15) is 5.01 Å².